The van der Waals surface area contributed by atoms with Gasteiger partial charge in [-0.3, -0.25) is 0 Å². The molecule has 2 heteroatoms. The van der Waals surface area contributed by atoms with E-state index in [0.29, 0.717) is 11.8 Å². The van der Waals surface area contributed by atoms with Gasteiger partial charge in [0.25, 0.3) is 0 Å². The summed E-state index contributed by atoms with van der Waals surface area (Å²) in [5, 5.41) is 10.3. The van der Waals surface area contributed by atoms with E-state index in [1.807, 2.05) is 6.07 Å². The fourth-order valence-corrected chi connectivity index (χ4v) is 4.91. The largest absolute Gasteiger partial charge is 0.393 e. The molecule has 4 bridgehead atoms. The van der Waals surface area contributed by atoms with Crippen LogP contribution in [-0.2, 0) is 11.3 Å². The minimum absolute atomic E-state index is 0.0509. The third-order valence-electron chi connectivity index (χ3n) is 5.56. The summed E-state index contributed by atoms with van der Waals surface area (Å²) in [4.78, 5) is 0. The molecule has 19 heavy (non-hydrogen) atoms. The Labute approximate surface area is 114 Å². The first kappa shape index (κ1) is 11.9. The van der Waals surface area contributed by atoms with E-state index in [4.69, 9.17) is 4.74 Å². The fraction of sp³-hybridized carbons (Fsp3) is 0.647. The molecule has 102 valence electrons. The molecule has 0 radical (unpaired) electrons. The number of ether oxygens (including phenoxy) is 1. The van der Waals surface area contributed by atoms with Gasteiger partial charge in [0, 0.05) is 0 Å². The number of aliphatic hydroxyl groups is 1. The van der Waals surface area contributed by atoms with Gasteiger partial charge in [0.2, 0.25) is 0 Å². The van der Waals surface area contributed by atoms with Gasteiger partial charge >= 0.3 is 0 Å². The highest BCUT2D eigenvalue weighted by Crippen LogP contribution is 2.57. The maximum Gasteiger partial charge on any atom is 0.0724 e. The number of benzene rings is 1. The van der Waals surface area contributed by atoms with E-state index in [2.05, 4.69) is 24.3 Å². The molecule has 2 unspecified atom stereocenters. The van der Waals surface area contributed by atoms with Gasteiger partial charge in [-0.2, -0.15) is 0 Å². The predicted octanol–water partition coefficient (Wildman–Crippen LogP) is 3.14. The number of aliphatic hydroxyl groups excluding tert-OH is 1. The minimum Gasteiger partial charge on any atom is -0.393 e. The molecule has 2 atom stereocenters. The lowest BCUT2D eigenvalue weighted by Crippen LogP contribution is -2.57. The van der Waals surface area contributed by atoms with Crippen LogP contribution >= 0.6 is 0 Å². The maximum atomic E-state index is 10.3. The molecule has 1 aromatic carbocycles. The summed E-state index contributed by atoms with van der Waals surface area (Å²) < 4.78 is 6.37. The molecule has 0 spiro atoms. The van der Waals surface area contributed by atoms with Gasteiger partial charge in [0.15, 0.2) is 0 Å². The lowest BCUT2D eigenvalue weighted by molar-refractivity contribution is -0.205. The van der Waals surface area contributed by atoms with Crippen LogP contribution in [0.5, 0.6) is 0 Å². The first-order valence-electron chi connectivity index (χ1n) is 7.60. The van der Waals surface area contributed by atoms with Gasteiger partial charge < -0.3 is 9.84 Å². The van der Waals surface area contributed by atoms with Crippen molar-refractivity contribution < 1.29 is 9.84 Å². The summed E-state index contributed by atoms with van der Waals surface area (Å²) in [5.41, 5.74) is 1.34. The zero-order valence-electron chi connectivity index (χ0n) is 11.3. The molecule has 0 saturated heterocycles. The molecule has 5 rings (SSSR count). The quantitative estimate of drug-likeness (QED) is 0.902. The van der Waals surface area contributed by atoms with Gasteiger partial charge in [-0.1, -0.05) is 30.3 Å². The molecule has 0 aliphatic heterocycles. The van der Waals surface area contributed by atoms with Crippen LogP contribution in [0.2, 0.25) is 0 Å². The third-order valence-corrected chi connectivity index (χ3v) is 5.56. The van der Waals surface area contributed by atoms with E-state index in [9.17, 15) is 5.11 Å². The normalized spacial score (nSPS) is 43.6. The van der Waals surface area contributed by atoms with Crippen LogP contribution in [0.4, 0.5) is 0 Å². The van der Waals surface area contributed by atoms with Crippen molar-refractivity contribution in [1.29, 1.82) is 0 Å². The van der Waals surface area contributed by atoms with Gasteiger partial charge in [-0.05, 0) is 55.4 Å². The van der Waals surface area contributed by atoms with Crippen LogP contribution in [-0.4, -0.2) is 16.8 Å². The summed E-state index contributed by atoms with van der Waals surface area (Å²) in [6.07, 6.45) is 5.79. The standard InChI is InChI=1S/C17H22O2/c18-16-14-6-13-7-15(16)10-17(8-13,9-14)19-11-12-4-2-1-3-5-12/h1-5,13-16,18H,6-11H2. The molecule has 4 aliphatic carbocycles. The summed E-state index contributed by atoms with van der Waals surface area (Å²) >= 11 is 0. The monoisotopic (exact) mass is 258 g/mol. The number of rotatable bonds is 3. The summed E-state index contributed by atoms with van der Waals surface area (Å²) in [6, 6.07) is 10.5. The smallest absolute Gasteiger partial charge is 0.0724 e. The first-order chi connectivity index (χ1) is 9.24. The molecule has 2 nitrogen and oxygen atoms in total. The predicted molar refractivity (Wildman–Crippen MR) is 73.5 cm³/mol. The van der Waals surface area contributed by atoms with Gasteiger partial charge in [0.1, 0.15) is 0 Å². The molecule has 1 aromatic rings. The van der Waals surface area contributed by atoms with Gasteiger partial charge in [0.05, 0.1) is 18.3 Å². The first-order valence-corrected chi connectivity index (χ1v) is 7.60. The van der Waals surface area contributed by atoms with Crippen molar-refractivity contribution in [3.63, 3.8) is 0 Å². The molecular formula is C17H22O2. The summed E-state index contributed by atoms with van der Waals surface area (Å²) in [7, 11) is 0. The lowest BCUT2D eigenvalue weighted by atomic mass is 9.53. The molecule has 4 saturated carbocycles. The second kappa shape index (κ2) is 4.32. The second-order valence-corrected chi connectivity index (χ2v) is 6.92. The Morgan fingerprint density at radius 1 is 1.05 bits per heavy atom. The lowest BCUT2D eigenvalue weighted by Gasteiger charge is -2.58. The molecule has 0 heterocycles. The Kier molecular flexibility index (Phi) is 2.71. The van der Waals surface area contributed by atoms with Crippen molar-refractivity contribution in [3.05, 3.63) is 35.9 Å². The molecule has 1 N–H and O–H groups in total. The van der Waals surface area contributed by atoms with Crippen molar-refractivity contribution in [2.75, 3.05) is 0 Å². The van der Waals surface area contributed by atoms with E-state index in [0.717, 1.165) is 25.4 Å². The van der Waals surface area contributed by atoms with Gasteiger partial charge in [-0.15, -0.1) is 0 Å². The third kappa shape index (κ3) is 2.02. The van der Waals surface area contributed by atoms with E-state index in [-0.39, 0.29) is 11.7 Å². The van der Waals surface area contributed by atoms with Crippen molar-refractivity contribution in [1.82, 2.24) is 0 Å². The summed E-state index contributed by atoms with van der Waals surface area (Å²) in [5.74, 6) is 1.81. The Bertz CT molecular complexity index is 440. The topological polar surface area (TPSA) is 29.5 Å². The Balaban J connectivity index is 1.49. The van der Waals surface area contributed by atoms with Crippen molar-refractivity contribution in [2.24, 2.45) is 17.8 Å². The highest BCUT2D eigenvalue weighted by atomic mass is 16.5. The highest BCUT2D eigenvalue weighted by Gasteiger charge is 2.55. The average Bonchev–Trinajstić information content (AvgIpc) is 2.43. The van der Waals surface area contributed by atoms with E-state index >= 15 is 0 Å². The van der Waals surface area contributed by atoms with E-state index in [1.165, 1.54) is 24.8 Å². The molecule has 4 aliphatic rings. The van der Waals surface area contributed by atoms with E-state index in [1.54, 1.807) is 0 Å². The molecule has 4 fully saturated rings. The van der Waals surface area contributed by atoms with Crippen molar-refractivity contribution in [3.8, 4) is 0 Å². The average molecular weight is 258 g/mol. The second-order valence-electron chi connectivity index (χ2n) is 6.92. The van der Waals surface area contributed by atoms with Crippen molar-refractivity contribution in [2.45, 2.75) is 50.4 Å². The van der Waals surface area contributed by atoms with Crippen LogP contribution in [0, 0.1) is 17.8 Å². The Morgan fingerprint density at radius 3 is 2.42 bits per heavy atom. The zero-order chi connectivity index (χ0) is 12.9. The summed E-state index contributed by atoms with van der Waals surface area (Å²) in [6.45, 7) is 0.725. The van der Waals surface area contributed by atoms with Crippen LogP contribution in [0.1, 0.15) is 37.7 Å². The van der Waals surface area contributed by atoms with E-state index < -0.39 is 0 Å². The maximum absolute atomic E-state index is 10.3. The Hall–Kier alpha value is -0.860. The van der Waals surface area contributed by atoms with Crippen LogP contribution in [0.15, 0.2) is 30.3 Å². The van der Waals surface area contributed by atoms with Crippen LogP contribution in [0.25, 0.3) is 0 Å². The Morgan fingerprint density at radius 2 is 1.74 bits per heavy atom. The minimum atomic E-state index is -0.0509. The van der Waals surface area contributed by atoms with Crippen molar-refractivity contribution >= 4 is 0 Å². The molecular weight excluding hydrogens is 236 g/mol. The van der Waals surface area contributed by atoms with Gasteiger partial charge in [-0.25, -0.2) is 0 Å². The SMILES string of the molecule is OC1C2CC3CC1CC(OCc1ccccc1)(C3)C2. The fourth-order valence-electron chi connectivity index (χ4n) is 4.91. The van der Waals surface area contributed by atoms with Crippen LogP contribution in [0.3, 0.4) is 0 Å². The molecule has 0 amide bonds. The van der Waals surface area contributed by atoms with Crippen LogP contribution < -0.4 is 0 Å². The number of hydrogen-bond acceptors (Lipinski definition) is 2. The highest BCUT2D eigenvalue weighted by molar-refractivity contribution is 5.14. The molecule has 0 aromatic heterocycles. The number of hydrogen-bond donors (Lipinski definition) is 1. The zero-order valence-corrected chi connectivity index (χ0v) is 11.3.